The zero-order chi connectivity index (χ0) is 41.5. The Hall–Kier alpha value is -3.15. The molecule has 0 aromatic heterocycles. The fourth-order valence-corrected chi connectivity index (χ4v) is 6.25. The van der Waals surface area contributed by atoms with Gasteiger partial charge in [-0.1, -0.05) is 196 Å². The van der Waals surface area contributed by atoms with Crippen molar-refractivity contribution < 1.29 is 28.6 Å². The van der Waals surface area contributed by atoms with Crippen LogP contribution in [0.1, 0.15) is 213 Å². The van der Waals surface area contributed by atoms with Crippen molar-refractivity contribution in [2.24, 2.45) is 0 Å². The molecule has 1 atom stereocenters. The lowest BCUT2D eigenvalue weighted by Crippen LogP contribution is -2.30. The Morgan fingerprint density at radius 3 is 1.07 bits per heavy atom. The van der Waals surface area contributed by atoms with E-state index in [0.717, 1.165) is 70.6 Å². The maximum absolute atomic E-state index is 12.7. The predicted molar refractivity (Wildman–Crippen MR) is 242 cm³/mol. The number of rotatable bonds is 41. The van der Waals surface area contributed by atoms with Crippen LogP contribution in [0.5, 0.6) is 0 Å². The van der Waals surface area contributed by atoms with Gasteiger partial charge in [0.1, 0.15) is 13.2 Å². The summed E-state index contributed by atoms with van der Waals surface area (Å²) in [6.45, 7) is 6.30. The number of allylic oxidation sites excluding steroid dienone is 12. The minimum absolute atomic E-state index is 0.110. The van der Waals surface area contributed by atoms with E-state index < -0.39 is 6.10 Å². The Morgan fingerprint density at radius 1 is 0.368 bits per heavy atom. The standard InChI is InChI=1S/C51H86O6/c1-4-7-10-13-16-19-22-23-24-25-26-27-30-32-35-38-41-44-50(53)56-47-48(57-51(54)45-42-39-36-33-29-21-18-15-12-9-6-3)46-55-49(52)43-40-37-34-31-28-20-17-14-11-8-5-2/h8-9,11-12,17-18,20-21,31,33-34,36,48H,4-7,10,13-16,19,22-30,32,35,37-47H2,1-3H3/b11-8-,12-9-,20-17-,21-18-,34-31-,36-33-. The lowest BCUT2D eigenvalue weighted by atomic mass is 10.0. The van der Waals surface area contributed by atoms with E-state index >= 15 is 0 Å². The van der Waals surface area contributed by atoms with E-state index in [1.807, 2.05) is 0 Å². The van der Waals surface area contributed by atoms with Crippen molar-refractivity contribution in [2.45, 2.75) is 219 Å². The summed E-state index contributed by atoms with van der Waals surface area (Å²) < 4.78 is 16.6. The number of hydrogen-bond donors (Lipinski definition) is 0. The van der Waals surface area contributed by atoms with Gasteiger partial charge >= 0.3 is 17.9 Å². The maximum Gasteiger partial charge on any atom is 0.306 e. The van der Waals surface area contributed by atoms with Crippen LogP contribution in [0.2, 0.25) is 0 Å². The largest absolute Gasteiger partial charge is 0.462 e. The van der Waals surface area contributed by atoms with Crippen LogP contribution < -0.4 is 0 Å². The first-order chi connectivity index (χ1) is 28.0. The third kappa shape index (κ3) is 43.8. The molecule has 0 bridgehead atoms. The zero-order valence-corrected chi connectivity index (χ0v) is 37.1. The molecule has 0 aromatic rings. The van der Waals surface area contributed by atoms with E-state index in [0.29, 0.717) is 19.3 Å². The summed E-state index contributed by atoms with van der Waals surface area (Å²) in [5.41, 5.74) is 0. The molecule has 0 radical (unpaired) electrons. The van der Waals surface area contributed by atoms with Crippen LogP contribution in [0.4, 0.5) is 0 Å². The second kappa shape index (κ2) is 45.6. The van der Waals surface area contributed by atoms with Crippen molar-refractivity contribution in [2.75, 3.05) is 13.2 Å². The summed E-state index contributed by atoms with van der Waals surface area (Å²) >= 11 is 0. The summed E-state index contributed by atoms with van der Waals surface area (Å²) in [4.78, 5) is 37.7. The molecule has 0 saturated carbocycles. The molecule has 0 heterocycles. The Bertz CT molecular complexity index is 1100. The van der Waals surface area contributed by atoms with Crippen molar-refractivity contribution in [1.29, 1.82) is 0 Å². The second-order valence-electron chi connectivity index (χ2n) is 15.3. The first kappa shape index (κ1) is 53.9. The Kier molecular flexibility index (Phi) is 43.0. The number of unbranched alkanes of at least 4 members (excludes halogenated alkanes) is 18. The van der Waals surface area contributed by atoms with Crippen LogP contribution in [0, 0.1) is 0 Å². The van der Waals surface area contributed by atoms with E-state index in [2.05, 4.69) is 93.7 Å². The van der Waals surface area contributed by atoms with Crippen LogP contribution in [0.3, 0.4) is 0 Å². The maximum atomic E-state index is 12.7. The van der Waals surface area contributed by atoms with Crippen molar-refractivity contribution in [3.8, 4) is 0 Å². The lowest BCUT2D eigenvalue weighted by Gasteiger charge is -2.18. The minimum atomic E-state index is -0.817. The monoisotopic (exact) mass is 795 g/mol. The van der Waals surface area contributed by atoms with E-state index in [9.17, 15) is 14.4 Å². The summed E-state index contributed by atoms with van der Waals surface area (Å²) in [7, 11) is 0. The SMILES string of the molecule is CC/C=C\C/C=C\C/C=C\CCCC(=O)OCC(COC(=O)CCCCCCCCCCCCCCCCCCC)OC(=O)CCC/C=C\C/C=C\C/C=C\CC. The average Bonchev–Trinajstić information content (AvgIpc) is 3.21. The highest BCUT2D eigenvalue weighted by Crippen LogP contribution is 2.15. The highest BCUT2D eigenvalue weighted by molar-refractivity contribution is 5.71. The number of esters is 3. The van der Waals surface area contributed by atoms with Gasteiger partial charge < -0.3 is 14.2 Å². The Labute approximate surface area is 351 Å². The topological polar surface area (TPSA) is 78.9 Å². The summed E-state index contributed by atoms with van der Waals surface area (Å²) in [6, 6.07) is 0. The predicted octanol–water partition coefficient (Wildman–Crippen LogP) is 15.1. The third-order valence-corrected chi connectivity index (χ3v) is 9.71. The molecule has 0 amide bonds. The Balaban J connectivity index is 4.41. The van der Waals surface area contributed by atoms with Gasteiger partial charge in [0.2, 0.25) is 0 Å². The van der Waals surface area contributed by atoms with Crippen molar-refractivity contribution >= 4 is 17.9 Å². The number of carbonyl (C=O) groups excluding carboxylic acids is 3. The first-order valence-electron chi connectivity index (χ1n) is 23.4. The molecular formula is C51H86O6. The molecule has 326 valence electrons. The van der Waals surface area contributed by atoms with Crippen LogP contribution in [-0.2, 0) is 28.6 Å². The molecule has 57 heavy (non-hydrogen) atoms. The highest BCUT2D eigenvalue weighted by atomic mass is 16.6. The molecule has 0 fully saturated rings. The number of ether oxygens (including phenoxy) is 3. The second-order valence-corrected chi connectivity index (χ2v) is 15.3. The molecule has 6 heteroatoms. The van der Waals surface area contributed by atoms with E-state index in [1.165, 1.54) is 89.9 Å². The normalized spacial score (nSPS) is 12.7. The summed E-state index contributed by atoms with van der Waals surface area (Å²) in [5, 5.41) is 0. The van der Waals surface area contributed by atoms with Crippen molar-refractivity contribution in [3.63, 3.8) is 0 Å². The zero-order valence-electron chi connectivity index (χ0n) is 37.1. The van der Waals surface area contributed by atoms with E-state index in [1.54, 1.807) is 0 Å². The van der Waals surface area contributed by atoms with E-state index in [-0.39, 0.29) is 44.0 Å². The fourth-order valence-electron chi connectivity index (χ4n) is 6.25. The molecule has 0 aromatic carbocycles. The molecule has 0 aliphatic carbocycles. The van der Waals surface area contributed by atoms with Gasteiger partial charge in [-0.05, 0) is 70.6 Å². The molecule has 0 rings (SSSR count). The fraction of sp³-hybridized carbons (Fsp3) is 0.706. The van der Waals surface area contributed by atoms with Gasteiger partial charge in [0.25, 0.3) is 0 Å². The van der Waals surface area contributed by atoms with Crippen LogP contribution in [0.15, 0.2) is 72.9 Å². The molecule has 1 unspecified atom stereocenters. The molecule has 0 aliphatic heterocycles. The van der Waals surface area contributed by atoms with E-state index in [4.69, 9.17) is 14.2 Å². The van der Waals surface area contributed by atoms with Gasteiger partial charge in [0.05, 0.1) is 0 Å². The molecule has 6 nitrogen and oxygen atoms in total. The number of hydrogen-bond acceptors (Lipinski definition) is 6. The molecule has 0 aliphatic rings. The van der Waals surface area contributed by atoms with Crippen LogP contribution in [-0.4, -0.2) is 37.2 Å². The van der Waals surface area contributed by atoms with Crippen molar-refractivity contribution in [1.82, 2.24) is 0 Å². The van der Waals surface area contributed by atoms with Gasteiger partial charge in [0.15, 0.2) is 6.10 Å². The van der Waals surface area contributed by atoms with Gasteiger partial charge in [0, 0.05) is 19.3 Å². The van der Waals surface area contributed by atoms with Gasteiger partial charge in [-0.15, -0.1) is 0 Å². The first-order valence-corrected chi connectivity index (χ1v) is 23.4. The highest BCUT2D eigenvalue weighted by Gasteiger charge is 2.19. The van der Waals surface area contributed by atoms with Gasteiger partial charge in [-0.25, -0.2) is 0 Å². The smallest absolute Gasteiger partial charge is 0.306 e. The van der Waals surface area contributed by atoms with Crippen molar-refractivity contribution in [3.05, 3.63) is 72.9 Å². The Morgan fingerprint density at radius 2 is 0.684 bits per heavy atom. The molecule has 0 spiro atoms. The van der Waals surface area contributed by atoms with Crippen LogP contribution >= 0.6 is 0 Å². The quantitative estimate of drug-likeness (QED) is 0.0265. The molecule has 0 saturated heterocycles. The summed E-state index contributed by atoms with van der Waals surface area (Å²) in [5.74, 6) is -1.03. The van der Waals surface area contributed by atoms with Crippen LogP contribution in [0.25, 0.3) is 0 Å². The molecule has 0 N–H and O–H groups in total. The van der Waals surface area contributed by atoms with Gasteiger partial charge in [-0.2, -0.15) is 0 Å². The average molecular weight is 795 g/mol. The lowest BCUT2D eigenvalue weighted by molar-refractivity contribution is -0.167. The van der Waals surface area contributed by atoms with Gasteiger partial charge in [-0.3, -0.25) is 14.4 Å². The third-order valence-electron chi connectivity index (χ3n) is 9.71. The number of carbonyl (C=O) groups is 3. The summed E-state index contributed by atoms with van der Waals surface area (Å²) in [6.07, 6.45) is 56.3. The molecular weight excluding hydrogens is 709 g/mol. The minimum Gasteiger partial charge on any atom is -0.462 e.